The normalized spacial score (nSPS) is 9.57. The molecule has 5 N–H and O–H groups in total. The first-order valence-corrected chi connectivity index (χ1v) is 3.99. The lowest BCUT2D eigenvalue weighted by molar-refractivity contribution is 0.534. The summed E-state index contributed by atoms with van der Waals surface area (Å²) in [6.45, 7) is 1.82. The second-order valence-corrected chi connectivity index (χ2v) is 2.86. The molecule has 0 radical (unpaired) electrons. The summed E-state index contributed by atoms with van der Waals surface area (Å²) in [6, 6.07) is 1.79. The third-order valence-electron chi connectivity index (χ3n) is 1.69. The third kappa shape index (κ3) is 2.25. The minimum Gasteiger partial charge on any atom is -0.467 e. The summed E-state index contributed by atoms with van der Waals surface area (Å²) >= 11 is 0. The van der Waals surface area contributed by atoms with Gasteiger partial charge in [0.15, 0.2) is 5.96 Å². The molecule has 0 atom stereocenters. The predicted octanol–water partition coefficient (Wildman–Crippen LogP) is 0.442. The smallest absolute Gasteiger partial charge is 0.202 e. The van der Waals surface area contributed by atoms with E-state index in [4.69, 9.17) is 21.0 Å². The summed E-state index contributed by atoms with van der Waals surface area (Å²) in [4.78, 5) is 1.53. The number of nitrogens with zero attached hydrogens (tertiary/aromatic N) is 1. The SMILES string of the molecule is Cc1cc(N(C)C(=N)NC(=N)N)co1. The Morgan fingerprint density at radius 2 is 2.21 bits per heavy atom. The maximum Gasteiger partial charge on any atom is 0.202 e. The van der Waals surface area contributed by atoms with E-state index in [0.29, 0.717) is 0 Å². The van der Waals surface area contributed by atoms with Crippen LogP contribution in [0.2, 0.25) is 0 Å². The van der Waals surface area contributed by atoms with Crippen molar-refractivity contribution >= 4 is 17.6 Å². The first kappa shape index (κ1) is 10.1. The predicted molar refractivity (Wildman–Crippen MR) is 54.6 cm³/mol. The fraction of sp³-hybridized carbons (Fsp3) is 0.250. The average molecular weight is 195 g/mol. The summed E-state index contributed by atoms with van der Waals surface area (Å²) < 4.78 is 5.09. The highest BCUT2D eigenvalue weighted by molar-refractivity contribution is 6.03. The maximum absolute atomic E-state index is 7.52. The van der Waals surface area contributed by atoms with Crippen LogP contribution in [0.15, 0.2) is 16.7 Å². The van der Waals surface area contributed by atoms with E-state index in [-0.39, 0.29) is 11.9 Å². The van der Waals surface area contributed by atoms with Crippen molar-refractivity contribution in [1.82, 2.24) is 5.32 Å². The molecular weight excluding hydrogens is 182 g/mol. The Balaban J connectivity index is 2.70. The topological polar surface area (TPSA) is 102 Å². The number of aryl methyl sites for hydroxylation is 1. The summed E-state index contributed by atoms with van der Waals surface area (Å²) in [7, 11) is 1.68. The van der Waals surface area contributed by atoms with Crippen molar-refractivity contribution in [2.75, 3.05) is 11.9 Å². The lowest BCUT2D eigenvalue weighted by Crippen LogP contribution is -2.44. The van der Waals surface area contributed by atoms with Crippen LogP contribution >= 0.6 is 0 Å². The molecule has 0 saturated heterocycles. The number of anilines is 1. The highest BCUT2D eigenvalue weighted by Crippen LogP contribution is 2.15. The molecule has 76 valence electrons. The molecule has 0 aromatic carbocycles. The van der Waals surface area contributed by atoms with Crippen molar-refractivity contribution in [3.05, 3.63) is 18.1 Å². The minimum absolute atomic E-state index is 0.0262. The fourth-order valence-electron chi connectivity index (χ4n) is 0.946. The fourth-order valence-corrected chi connectivity index (χ4v) is 0.946. The standard InChI is InChI=1S/C8H13N5O/c1-5-3-6(4-14-5)13(2)8(11)12-7(9)10/h3-4H,1-2H3,(H5,9,10,11,12). The van der Waals surface area contributed by atoms with Crippen LogP contribution in [-0.2, 0) is 0 Å². The molecule has 0 unspecified atom stereocenters. The van der Waals surface area contributed by atoms with E-state index >= 15 is 0 Å². The van der Waals surface area contributed by atoms with E-state index in [2.05, 4.69) is 5.32 Å². The number of hydrogen-bond donors (Lipinski definition) is 4. The third-order valence-corrected chi connectivity index (χ3v) is 1.69. The van der Waals surface area contributed by atoms with Crippen LogP contribution in [-0.4, -0.2) is 19.0 Å². The molecule has 14 heavy (non-hydrogen) atoms. The first-order valence-electron chi connectivity index (χ1n) is 3.99. The monoisotopic (exact) mass is 195 g/mol. The molecule has 0 spiro atoms. The van der Waals surface area contributed by atoms with Crippen LogP contribution in [0.1, 0.15) is 5.76 Å². The summed E-state index contributed by atoms with van der Waals surface area (Å²) in [5.41, 5.74) is 5.83. The van der Waals surface area contributed by atoms with Gasteiger partial charge in [-0.1, -0.05) is 0 Å². The number of guanidine groups is 2. The van der Waals surface area contributed by atoms with Crippen molar-refractivity contribution in [1.29, 1.82) is 10.8 Å². The molecule has 0 fully saturated rings. The zero-order valence-electron chi connectivity index (χ0n) is 8.09. The number of nitrogens with two attached hydrogens (primary N) is 1. The van der Waals surface area contributed by atoms with Crippen molar-refractivity contribution in [2.24, 2.45) is 5.73 Å². The van der Waals surface area contributed by atoms with Crippen LogP contribution in [0.5, 0.6) is 0 Å². The second-order valence-electron chi connectivity index (χ2n) is 2.86. The van der Waals surface area contributed by atoms with Crippen LogP contribution in [0.3, 0.4) is 0 Å². The quantitative estimate of drug-likeness (QED) is 0.385. The molecule has 0 aliphatic rings. The molecule has 0 saturated carbocycles. The van der Waals surface area contributed by atoms with Gasteiger partial charge in [0.25, 0.3) is 0 Å². The molecular formula is C8H13N5O. The Kier molecular flexibility index (Phi) is 2.76. The van der Waals surface area contributed by atoms with Crippen LogP contribution in [0, 0.1) is 17.7 Å². The van der Waals surface area contributed by atoms with Crippen molar-refractivity contribution in [2.45, 2.75) is 6.92 Å². The van der Waals surface area contributed by atoms with Crippen molar-refractivity contribution in [3.8, 4) is 0 Å². The Labute approximate surface area is 81.7 Å². The van der Waals surface area contributed by atoms with Gasteiger partial charge in [0.2, 0.25) is 5.96 Å². The molecule has 0 aliphatic carbocycles. The van der Waals surface area contributed by atoms with Crippen LogP contribution in [0.4, 0.5) is 5.69 Å². The summed E-state index contributed by atoms with van der Waals surface area (Å²) in [6.07, 6.45) is 1.53. The molecule has 1 aromatic heterocycles. The number of hydrogen-bond acceptors (Lipinski definition) is 3. The zero-order valence-corrected chi connectivity index (χ0v) is 8.09. The van der Waals surface area contributed by atoms with E-state index in [1.807, 2.05) is 6.92 Å². The number of furan rings is 1. The van der Waals surface area contributed by atoms with Crippen LogP contribution < -0.4 is 16.0 Å². The van der Waals surface area contributed by atoms with E-state index in [1.165, 1.54) is 11.2 Å². The zero-order chi connectivity index (χ0) is 10.7. The first-order chi connectivity index (χ1) is 6.50. The van der Waals surface area contributed by atoms with Gasteiger partial charge in [0, 0.05) is 13.1 Å². The van der Waals surface area contributed by atoms with E-state index < -0.39 is 0 Å². The molecule has 0 aliphatic heterocycles. The largest absolute Gasteiger partial charge is 0.467 e. The van der Waals surface area contributed by atoms with Gasteiger partial charge in [0.1, 0.15) is 12.0 Å². The summed E-state index contributed by atoms with van der Waals surface area (Å²) in [5, 5.41) is 16.9. The average Bonchev–Trinajstić information content (AvgIpc) is 2.49. The van der Waals surface area contributed by atoms with Gasteiger partial charge in [-0.2, -0.15) is 0 Å². The van der Waals surface area contributed by atoms with E-state index in [9.17, 15) is 0 Å². The van der Waals surface area contributed by atoms with Crippen molar-refractivity contribution < 1.29 is 4.42 Å². The molecule has 6 heteroatoms. The van der Waals surface area contributed by atoms with Gasteiger partial charge >= 0.3 is 0 Å². The molecule has 6 nitrogen and oxygen atoms in total. The Bertz CT molecular complexity index is 356. The molecule has 1 rings (SSSR count). The van der Waals surface area contributed by atoms with Gasteiger partial charge in [-0.25, -0.2) is 0 Å². The number of nitrogens with one attached hydrogen (secondary N) is 3. The Morgan fingerprint density at radius 3 is 2.64 bits per heavy atom. The molecule has 1 aromatic rings. The Morgan fingerprint density at radius 1 is 1.57 bits per heavy atom. The molecule has 1 heterocycles. The molecule has 0 bridgehead atoms. The highest BCUT2D eigenvalue weighted by atomic mass is 16.3. The van der Waals surface area contributed by atoms with Gasteiger partial charge in [-0.05, 0) is 6.92 Å². The second kappa shape index (κ2) is 3.82. The highest BCUT2D eigenvalue weighted by Gasteiger charge is 2.09. The summed E-state index contributed by atoms with van der Waals surface area (Å²) in [5.74, 6) is 0.530. The minimum atomic E-state index is -0.262. The van der Waals surface area contributed by atoms with Gasteiger partial charge < -0.3 is 15.1 Å². The molecule has 0 amide bonds. The lowest BCUT2D eigenvalue weighted by Gasteiger charge is -2.17. The van der Waals surface area contributed by atoms with Gasteiger partial charge in [-0.15, -0.1) is 0 Å². The number of rotatable bonds is 1. The van der Waals surface area contributed by atoms with Crippen molar-refractivity contribution in [3.63, 3.8) is 0 Å². The maximum atomic E-state index is 7.52. The van der Waals surface area contributed by atoms with E-state index in [1.54, 1.807) is 13.1 Å². The van der Waals surface area contributed by atoms with Gasteiger partial charge in [0.05, 0.1) is 5.69 Å². The van der Waals surface area contributed by atoms with Crippen LogP contribution in [0.25, 0.3) is 0 Å². The van der Waals surface area contributed by atoms with Gasteiger partial charge in [-0.3, -0.25) is 16.1 Å². The van der Waals surface area contributed by atoms with E-state index in [0.717, 1.165) is 11.4 Å². The Hall–Kier alpha value is -1.98. The lowest BCUT2D eigenvalue weighted by atomic mass is 10.4.